The fourth-order valence-corrected chi connectivity index (χ4v) is 13.7. The van der Waals surface area contributed by atoms with E-state index in [0.29, 0.717) is 25.7 Å². The van der Waals surface area contributed by atoms with Gasteiger partial charge in [-0.1, -0.05) is 363 Å². The van der Waals surface area contributed by atoms with Crippen LogP contribution in [0.1, 0.15) is 414 Å². The SMILES string of the molecule is CCCCCCCCCCCCCCCCCCC(=O)OC[C@H](COP(=O)(O)OC[C@@H](O)COP(=O)(O)OC[C@@H](COC(=O)CCCCCCCCC(C)CC)OC(=O)CCCCCCCCCCCCCCC)OC(=O)CCCCCCCCCCCCCCCCCCC(C)C. The van der Waals surface area contributed by atoms with Gasteiger partial charge in [0.2, 0.25) is 0 Å². The summed E-state index contributed by atoms with van der Waals surface area (Å²) in [4.78, 5) is 72.9. The number of unbranched alkanes of at least 4 members (excludes halogenated alkanes) is 47. The first kappa shape index (κ1) is 96.1. The number of aliphatic hydroxyl groups is 1. The largest absolute Gasteiger partial charge is 0.472 e. The van der Waals surface area contributed by atoms with Gasteiger partial charge in [-0.3, -0.25) is 37.3 Å². The van der Waals surface area contributed by atoms with Gasteiger partial charge in [0.05, 0.1) is 26.4 Å². The topological polar surface area (TPSA) is 237 Å². The van der Waals surface area contributed by atoms with Gasteiger partial charge < -0.3 is 33.8 Å². The second-order valence-electron chi connectivity index (χ2n) is 29.2. The Morgan fingerprint density at radius 1 is 0.296 bits per heavy atom. The molecule has 0 aliphatic rings. The first-order valence-electron chi connectivity index (χ1n) is 41.0. The predicted molar refractivity (Wildman–Crippen MR) is 400 cm³/mol. The number of ether oxygens (including phenoxy) is 4. The molecule has 19 heteroatoms. The van der Waals surface area contributed by atoms with Crippen LogP contribution in [0.15, 0.2) is 0 Å². The molecule has 0 radical (unpaired) electrons. The molecular weight excluding hydrogens is 1280 g/mol. The molecule has 0 saturated heterocycles. The van der Waals surface area contributed by atoms with Crippen LogP contribution in [0.5, 0.6) is 0 Å². The lowest BCUT2D eigenvalue weighted by atomic mass is 10.00. The van der Waals surface area contributed by atoms with Crippen LogP contribution in [0, 0.1) is 11.8 Å². The summed E-state index contributed by atoms with van der Waals surface area (Å²) in [5.41, 5.74) is 0. The number of carbonyl (C=O) groups is 4. The Hall–Kier alpha value is -1.94. The van der Waals surface area contributed by atoms with E-state index < -0.39 is 97.5 Å². The van der Waals surface area contributed by atoms with Crippen molar-refractivity contribution in [2.45, 2.75) is 432 Å². The number of hydrogen-bond donors (Lipinski definition) is 3. The molecular formula is C79H154O17P2. The zero-order chi connectivity index (χ0) is 72.1. The normalized spacial score (nSPS) is 14.2. The average molecular weight is 1440 g/mol. The van der Waals surface area contributed by atoms with Gasteiger partial charge in [0.1, 0.15) is 19.3 Å². The fraction of sp³-hybridized carbons (Fsp3) is 0.949. The zero-order valence-corrected chi connectivity index (χ0v) is 65.9. The van der Waals surface area contributed by atoms with Crippen molar-refractivity contribution >= 4 is 39.5 Å². The van der Waals surface area contributed by atoms with E-state index in [4.69, 9.17) is 37.0 Å². The zero-order valence-electron chi connectivity index (χ0n) is 64.1. The monoisotopic (exact) mass is 1440 g/mol. The molecule has 0 aliphatic carbocycles. The van der Waals surface area contributed by atoms with Gasteiger partial charge in [-0.2, -0.15) is 0 Å². The smallest absolute Gasteiger partial charge is 0.462 e. The van der Waals surface area contributed by atoms with Crippen LogP contribution in [-0.4, -0.2) is 96.7 Å². The Labute approximate surface area is 600 Å². The van der Waals surface area contributed by atoms with E-state index in [1.54, 1.807) is 0 Å². The molecule has 0 bridgehead atoms. The van der Waals surface area contributed by atoms with Crippen molar-refractivity contribution in [3.63, 3.8) is 0 Å². The average Bonchev–Trinajstić information content (AvgIpc) is 0.973. The summed E-state index contributed by atoms with van der Waals surface area (Å²) in [6, 6.07) is 0. The van der Waals surface area contributed by atoms with Crippen LogP contribution in [-0.2, 0) is 65.4 Å². The molecule has 0 fully saturated rings. The molecule has 0 aromatic carbocycles. The van der Waals surface area contributed by atoms with Crippen molar-refractivity contribution < 1.29 is 80.2 Å². The van der Waals surface area contributed by atoms with Crippen LogP contribution in [0.3, 0.4) is 0 Å². The summed E-state index contributed by atoms with van der Waals surface area (Å²) in [5.74, 6) is -0.570. The van der Waals surface area contributed by atoms with Crippen molar-refractivity contribution in [2.75, 3.05) is 39.6 Å². The quantitative estimate of drug-likeness (QED) is 0.0222. The summed E-state index contributed by atoms with van der Waals surface area (Å²) in [7, 11) is -9.92. The number of hydrogen-bond acceptors (Lipinski definition) is 15. The summed E-state index contributed by atoms with van der Waals surface area (Å²) < 4.78 is 68.6. The van der Waals surface area contributed by atoms with Crippen LogP contribution in [0.4, 0.5) is 0 Å². The van der Waals surface area contributed by atoms with Gasteiger partial charge in [-0.25, -0.2) is 9.13 Å². The van der Waals surface area contributed by atoms with Gasteiger partial charge in [0.25, 0.3) is 0 Å². The van der Waals surface area contributed by atoms with Gasteiger partial charge >= 0.3 is 39.5 Å². The number of esters is 4. The van der Waals surface area contributed by atoms with E-state index in [0.717, 1.165) is 108 Å². The van der Waals surface area contributed by atoms with E-state index in [2.05, 4.69) is 41.5 Å². The second-order valence-corrected chi connectivity index (χ2v) is 32.1. The van der Waals surface area contributed by atoms with E-state index in [1.807, 2.05) is 0 Å². The predicted octanol–water partition coefficient (Wildman–Crippen LogP) is 23.5. The molecule has 6 atom stereocenters. The third-order valence-electron chi connectivity index (χ3n) is 18.8. The van der Waals surface area contributed by atoms with E-state index in [9.17, 15) is 43.2 Å². The Morgan fingerprint density at radius 3 is 0.776 bits per heavy atom. The first-order chi connectivity index (χ1) is 47.4. The Bertz CT molecular complexity index is 1890. The number of rotatable bonds is 78. The Kier molecular flexibility index (Phi) is 69.3. The summed E-state index contributed by atoms with van der Waals surface area (Å²) in [5, 5.41) is 10.6. The Balaban J connectivity index is 5.24. The van der Waals surface area contributed by atoms with Crippen molar-refractivity contribution in [1.29, 1.82) is 0 Å². The minimum atomic E-state index is -4.96. The highest BCUT2D eigenvalue weighted by molar-refractivity contribution is 7.47. The second kappa shape index (κ2) is 70.7. The van der Waals surface area contributed by atoms with Crippen LogP contribution < -0.4 is 0 Å². The molecule has 0 aliphatic heterocycles. The minimum absolute atomic E-state index is 0.107. The number of aliphatic hydroxyl groups excluding tert-OH is 1. The van der Waals surface area contributed by atoms with Crippen molar-refractivity contribution in [3.8, 4) is 0 Å². The fourth-order valence-electron chi connectivity index (χ4n) is 12.2. The number of phosphoric ester groups is 2. The summed E-state index contributed by atoms with van der Waals surface area (Å²) >= 11 is 0. The molecule has 0 heterocycles. The molecule has 17 nitrogen and oxygen atoms in total. The Morgan fingerprint density at radius 2 is 0.520 bits per heavy atom. The minimum Gasteiger partial charge on any atom is -0.462 e. The molecule has 98 heavy (non-hydrogen) atoms. The maximum absolute atomic E-state index is 13.1. The third kappa shape index (κ3) is 71.1. The maximum atomic E-state index is 13.1. The van der Waals surface area contributed by atoms with Crippen LogP contribution in [0.25, 0.3) is 0 Å². The van der Waals surface area contributed by atoms with Gasteiger partial charge in [0.15, 0.2) is 12.2 Å². The molecule has 0 spiro atoms. The summed E-state index contributed by atoms with van der Waals surface area (Å²) in [6.45, 7) is 9.62. The van der Waals surface area contributed by atoms with Gasteiger partial charge in [0, 0.05) is 25.7 Å². The highest BCUT2D eigenvalue weighted by Gasteiger charge is 2.30. The molecule has 0 rings (SSSR count). The van der Waals surface area contributed by atoms with Crippen molar-refractivity contribution in [2.24, 2.45) is 11.8 Å². The molecule has 3 unspecified atom stereocenters. The molecule has 582 valence electrons. The maximum Gasteiger partial charge on any atom is 0.472 e. The molecule has 0 aromatic heterocycles. The van der Waals surface area contributed by atoms with Gasteiger partial charge in [-0.05, 0) is 37.5 Å². The van der Waals surface area contributed by atoms with Gasteiger partial charge in [-0.15, -0.1) is 0 Å². The van der Waals surface area contributed by atoms with E-state index in [1.165, 1.54) is 225 Å². The highest BCUT2D eigenvalue weighted by Crippen LogP contribution is 2.45. The van der Waals surface area contributed by atoms with Crippen molar-refractivity contribution in [1.82, 2.24) is 0 Å². The lowest BCUT2D eigenvalue weighted by Crippen LogP contribution is -2.30. The first-order valence-corrected chi connectivity index (χ1v) is 44.0. The van der Waals surface area contributed by atoms with E-state index >= 15 is 0 Å². The standard InChI is InChI=1S/C79H154O17P2/c1-7-10-12-14-16-18-20-22-23-27-31-34-38-42-49-55-61-76(81)89-67-74(95-78(83)64-58-52-44-40-36-32-28-25-24-26-30-33-37-41-47-53-59-71(4)5)69-93-97(85,86)91-65-73(80)66-92-98(87,88)94-70-75(68-90-77(82)62-56-50-46-45-48-54-60-72(6)9-3)96-79(84)63-57-51-43-39-35-29-21-19-17-15-13-11-8-2/h71-75,80H,7-70H2,1-6H3,(H,85,86)(H,87,88)/t72?,73-,74-,75-/m1/s1. The molecule has 0 amide bonds. The van der Waals surface area contributed by atoms with E-state index in [-0.39, 0.29) is 25.7 Å². The lowest BCUT2D eigenvalue weighted by molar-refractivity contribution is -0.161. The summed E-state index contributed by atoms with van der Waals surface area (Å²) in [6.07, 6.45) is 59.6. The number of carbonyl (C=O) groups excluding carboxylic acids is 4. The van der Waals surface area contributed by atoms with Crippen LogP contribution in [0.2, 0.25) is 0 Å². The lowest BCUT2D eigenvalue weighted by Gasteiger charge is -2.21. The highest BCUT2D eigenvalue weighted by atomic mass is 31.2. The molecule has 3 N–H and O–H groups in total. The third-order valence-corrected chi connectivity index (χ3v) is 20.7. The van der Waals surface area contributed by atoms with Crippen molar-refractivity contribution in [3.05, 3.63) is 0 Å². The molecule has 0 aromatic rings. The molecule has 0 saturated carbocycles. The van der Waals surface area contributed by atoms with Crippen LogP contribution >= 0.6 is 15.6 Å². The number of phosphoric acid groups is 2.